The van der Waals surface area contributed by atoms with Gasteiger partial charge in [-0.15, -0.1) is 0 Å². The molecule has 1 saturated heterocycles. The Kier molecular flexibility index (Phi) is 10.1. The number of carbonyl (C=O) groups excluding carboxylic acids is 2. The van der Waals surface area contributed by atoms with E-state index >= 15 is 0 Å². The van der Waals surface area contributed by atoms with E-state index in [1.807, 2.05) is 83.5 Å². The predicted octanol–water partition coefficient (Wildman–Crippen LogP) is 7.19. The molecular weight excluding hydrogens is 550 g/mol. The number of ether oxygens (including phenoxy) is 2. The van der Waals surface area contributed by atoms with Gasteiger partial charge in [-0.3, -0.25) is 9.59 Å². The van der Waals surface area contributed by atoms with Crippen LogP contribution in [0.1, 0.15) is 64.6 Å². The zero-order chi connectivity index (χ0) is 31.1. The molecule has 4 aromatic rings. The van der Waals surface area contributed by atoms with Crippen LogP contribution in [0, 0.1) is 6.92 Å². The zero-order valence-corrected chi connectivity index (χ0v) is 26.3. The largest absolute Gasteiger partial charge is 0.497 e. The summed E-state index contributed by atoms with van der Waals surface area (Å²) in [5.74, 6) is 1.51. The molecule has 2 amide bonds. The van der Waals surface area contributed by atoms with Crippen LogP contribution in [-0.2, 0) is 6.42 Å². The third-order valence-electron chi connectivity index (χ3n) is 8.55. The summed E-state index contributed by atoms with van der Waals surface area (Å²) in [5.41, 5.74) is 6.27. The summed E-state index contributed by atoms with van der Waals surface area (Å²) in [5, 5.41) is 0. The predicted molar refractivity (Wildman–Crippen MR) is 175 cm³/mol. The van der Waals surface area contributed by atoms with E-state index in [9.17, 15) is 9.59 Å². The number of carbonyl (C=O) groups is 2. The molecule has 1 fully saturated rings. The minimum atomic E-state index is -0.0292. The van der Waals surface area contributed by atoms with Gasteiger partial charge in [0.2, 0.25) is 0 Å². The number of piperazine rings is 1. The minimum absolute atomic E-state index is 0.0248. The van der Waals surface area contributed by atoms with Crippen LogP contribution in [0.3, 0.4) is 0 Å². The lowest BCUT2D eigenvalue weighted by Crippen LogP contribution is -2.50. The van der Waals surface area contributed by atoms with E-state index in [0.717, 1.165) is 40.6 Å². The van der Waals surface area contributed by atoms with Crippen molar-refractivity contribution >= 4 is 11.8 Å². The summed E-state index contributed by atoms with van der Waals surface area (Å²) in [6.45, 7) is 6.18. The highest BCUT2D eigenvalue weighted by molar-refractivity contribution is 5.98. The van der Waals surface area contributed by atoms with Crippen molar-refractivity contribution in [1.82, 2.24) is 14.4 Å². The number of hydrogen-bond acceptors (Lipinski definition) is 4. The molecule has 1 aliphatic rings. The summed E-state index contributed by atoms with van der Waals surface area (Å²) in [6, 6.07) is 25.7. The maximum absolute atomic E-state index is 13.9. The molecule has 0 radical (unpaired) electrons. The van der Waals surface area contributed by atoms with Crippen molar-refractivity contribution < 1.29 is 19.1 Å². The van der Waals surface area contributed by atoms with Gasteiger partial charge in [0.1, 0.15) is 11.5 Å². The molecule has 1 aromatic heterocycles. The standard InChI is InChI=1S/C37H43N3O4/c1-5-6-7-8-10-28-13-15-30(16-14-28)36(41)38-21-23-39(24-22-38)37(42)34-26-35(29-17-19-32(43-3)20-18-29)40(27(34)2)31-11-9-12-33(25-31)44-4/h9,11-20,25-26H,5-8,10,21-24H2,1-4H3. The number of nitrogens with zero attached hydrogens (tertiary/aromatic N) is 3. The first-order valence-corrected chi connectivity index (χ1v) is 15.6. The van der Waals surface area contributed by atoms with E-state index in [4.69, 9.17) is 9.47 Å². The molecule has 0 spiro atoms. The van der Waals surface area contributed by atoms with Crippen LogP contribution in [0.5, 0.6) is 11.5 Å². The first kappa shape index (κ1) is 30.9. The molecule has 0 N–H and O–H groups in total. The highest BCUT2D eigenvalue weighted by atomic mass is 16.5. The maximum atomic E-state index is 13.9. The van der Waals surface area contributed by atoms with Gasteiger partial charge < -0.3 is 23.8 Å². The summed E-state index contributed by atoms with van der Waals surface area (Å²) in [6.07, 6.45) is 5.97. The Balaban J connectivity index is 1.31. The van der Waals surface area contributed by atoms with E-state index in [-0.39, 0.29) is 11.8 Å². The van der Waals surface area contributed by atoms with E-state index in [1.165, 1.54) is 31.2 Å². The van der Waals surface area contributed by atoms with Crippen LogP contribution in [0.4, 0.5) is 0 Å². The molecule has 0 aliphatic carbocycles. The Morgan fingerprint density at radius 3 is 2.02 bits per heavy atom. The second-order valence-corrected chi connectivity index (χ2v) is 11.4. The Hall–Kier alpha value is -4.52. The van der Waals surface area contributed by atoms with Crippen molar-refractivity contribution in [3.63, 3.8) is 0 Å². The normalized spacial score (nSPS) is 13.2. The quantitative estimate of drug-likeness (QED) is 0.173. The fraction of sp³-hybridized carbons (Fsp3) is 0.351. The number of hydrogen-bond donors (Lipinski definition) is 0. The second kappa shape index (κ2) is 14.3. The maximum Gasteiger partial charge on any atom is 0.255 e. The second-order valence-electron chi connectivity index (χ2n) is 11.4. The molecule has 0 unspecified atom stereocenters. The average molecular weight is 594 g/mol. The average Bonchev–Trinajstić information content (AvgIpc) is 3.43. The molecule has 7 nitrogen and oxygen atoms in total. The van der Waals surface area contributed by atoms with Gasteiger partial charge in [-0.2, -0.15) is 0 Å². The zero-order valence-electron chi connectivity index (χ0n) is 26.3. The van der Waals surface area contributed by atoms with Gasteiger partial charge in [-0.1, -0.05) is 44.4 Å². The van der Waals surface area contributed by atoms with E-state index < -0.39 is 0 Å². The minimum Gasteiger partial charge on any atom is -0.497 e. The third kappa shape index (κ3) is 6.83. The Morgan fingerprint density at radius 1 is 0.727 bits per heavy atom. The van der Waals surface area contributed by atoms with E-state index in [2.05, 4.69) is 23.6 Å². The number of aryl methyl sites for hydroxylation is 1. The highest BCUT2D eigenvalue weighted by Gasteiger charge is 2.28. The molecule has 3 aromatic carbocycles. The lowest BCUT2D eigenvalue weighted by Gasteiger charge is -2.35. The van der Waals surface area contributed by atoms with Crippen LogP contribution in [0.25, 0.3) is 16.9 Å². The van der Waals surface area contributed by atoms with Crippen molar-refractivity contribution in [1.29, 1.82) is 0 Å². The van der Waals surface area contributed by atoms with Gasteiger partial charge in [0.05, 0.1) is 25.5 Å². The first-order valence-electron chi connectivity index (χ1n) is 15.6. The summed E-state index contributed by atoms with van der Waals surface area (Å²) >= 11 is 0. The van der Waals surface area contributed by atoms with Gasteiger partial charge in [0, 0.05) is 49.2 Å². The van der Waals surface area contributed by atoms with Crippen molar-refractivity contribution in [3.8, 4) is 28.4 Å². The number of unbranched alkanes of at least 4 members (excludes halogenated alkanes) is 3. The SMILES string of the molecule is CCCCCCc1ccc(C(=O)N2CCN(C(=O)c3cc(-c4ccc(OC)cc4)n(-c4cccc(OC)c4)c3C)CC2)cc1. The molecule has 0 saturated carbocycles. The lowest BCUT2D eigenvalue weighted by atomic mass is 10.0. The Labute approximate surface area is 261 Å². The van der Waals surface area contributed by atoms with Crippen LogP contribution in [0.15, 0.2) is 78.9 Å². The Bertz CT molecular complexity index is 1570. The van der Waals surface area contributed by atoms with Gasteiger partial charge >= 0.3 is 0 Å². The number of rotatable bonds is 11. The molecular formula is C37H43N3O4. The van der Waals surface area contributed by atoms with E-state index in [0.29, 0.717) is 37.3 Å². The smallest absolute Gasteiger partial charge is 0.255 e. The first-order chi connectivity index (χ1) is 21.4. The van der Waals surface area contributed by atoms with Crippen molar-refractivity contribution in [3.05, 3.63) is 101 Å². The van der Waals surface area contributed by atoms with E-state index in [1.54, 1.807) is 14.2 Å². The molecule has 2 heterocycles. The molecule has 1 aliphatic heterocycles. The topological polar surface area (TPSA) is 64.0 Å². The third-order valence-corrected chi connectivity index (χ3v) is 8.55. The summed E-state index contributed by atoms with van der Waals surface area (Å²) in [7, 11) is 3.30. The monoisotopic (exact) mass is 593 g/mol. The summed E-state index contributed by atoms with van der Waals surface area (Å²) in [4.78, 5) is 30.9. The number of amides is 2. The van der Waals surface area contributed by atoms with Crippen LogP contribution < -0.4 is 9.47 Å². The van der Waals surface area contributed by atoms with Crippen molar-refractivity contribution in [2.45, 2.75) is 46.0 Å². The lowest BCUT2D eigenvalue weighted by molar-refractivity contribution is 0.0535. The fourth-order valence-electron chi connectivity index (χ4n) is 5.92. The van der Waals surface area contributed by atoms with Gasteiger partial charge in [-0.25, -0.2) is 0 Å². The molecule has 5 rings (SSSR count). The number of aromatic nitrogens is 1. The number of methoxy groups -OCH3 is 2. The molecule has 0 atom stereocenters. The molecule has 0 bridgehead atoms. The van der Waals surface area contributed by atoms with Crippen LogP contribution >= 0.6 is 0 Å². The molecule has 7 heteroatoms. The van der Waals surface area contributed by atoms with Crippen molar-refractivity contribution in [2.24, 2.45) is 0 Å². The fourth-order valence-corrected chi connectivity index (χ4v) is 5.92. The number of benzene rings is 3. The van der Waals surface area contributed by atoms with Gasteiger partial charge in [0.25, 0.3) is 11.8 Å². The summed E-state index contributed by atoms with van der Waals surface area (Å²) < 4.78 is 13.0. The highest BCUT2D eigenvalue weighted by Crippen LogP contribution is 2.32. The van der Waals surface area contributed by atoms with Gasteiger partial charge in [0.15, 0.2) is 0 Å². The molecule has 44 heavy (non-hydrogen) atoms. The van der Waals surface area contributed by atoms with Crippen molar-refractivity contribution in [2.75, 3.05) is 40.4 Å². The van der Waals surface area contributed by atoms with Crippen LogP contribution in [0.2, 0.25) is 0 Å². The Morgan fingerprint density at radius 2 is 1.39 bits per heavy atom. The molecule has 230 valence electrons. The van der Waals surface area contributed by atoms with Crippen LogP contribution in [-0.4, -0.2) is 66.6 Å². The van der Waals surface area contributed by atoms with Gasteiger partial charge in [-0.05, 0) is 85.5 Å².